The largest absolute Gasteiger partial charge is 0.326 e. The number of amides is 3. The Balaban J connectivity index is 2.53. The standard InChI is InChI=1S/C10H19N3O2S/c1-3-7(11)6-13-9(14)8(4-5-16-2)12-10(13)15/h7-8H,3-6,11H2,1-2H3,(H,12,15). The first-order valence-corrected chi connectivity index (χ1v) is 6.85. The van der Waals surface area contributed by atoms with Gasteiger partial charge in [-0.3, -0.25) is 9.69 Å². The molecule has 1 saturated heterocycles. The Morgan fingerprint density at radius 3 is 2.81 bits per heavy atom. The van der Waals surface area contributed by atoms with E-state index in [1.165, 1.54) is 4.90 Å². The fourth-order valence-corrected chi connectivity index (χ4v) is 2.02. The zero-order chi connectivity index (χ0) is 12.1. The van der Waals surface area contributed by atoms with Gasteiger partial charge in [-0.1, -0.05) is 6.92 Å². The van der Waals surface area contributed by atoms with Crippen LogP contribution >= 0.6 is 11.8 Å². The number of nitrogens with two attached hydrogens (primary N) is 1. The average Bonchev–Trinajstić information content (AvgIpc) is 2.53. The molecular weight excluding hydrogens is 226 g/mol. The van der Waals surface area contributed by atoms with Crippen molar-refractivity contribution in [2.45, 2.75) is 31.8 Å². The van der Waals surface area contributed by atoms with Crippen LogP contribution in [0.15, 0.2) is 0 Å². The third-order valence-corrected chi connectivity index (χ3v) is 3.30. The third-order valence-electron chi connectivity index (χ3n) is 2.66. The monoisotopic (exact) mass is 245 g/mol. The van der Waals surface area contributed by atoms with Crippen molar-refractivity contribution in [3.8, 4) is 0 Å². The Labute approximate surface area is 100 Å². The molecule has 0 aliphatic carbocycles. The molecule has 0 bridgehead atoms. The van der Waals surface area contributed by atoms with Crippen LogP contribution in [0, 0.1) is 0 Å². The van der Waals surface area contributed by atoms with Crippen LogP contribution in [0.2, 0.25) is 0 Å². The number of hydrogen-bond donors (Lipinski definition) is 2. The Hall–Kier alpha value is -0.750. The maximum absolute atomic E-state index is 11.9. The number of imide groups is 1. The van der Waals surface area contributed by atoms with Crippen molar-refractivity contribution >= 4 is 23.7 Å². The second kappa shape index (κ2) is 6.10. The summed E-state index contributed by atoms with van der Waals surface area (Å²) in [6.07, 6.45) is 3.42. The second-order valence-corrected chi connectivity index (χ2v) is 4.89. The van der Waals surface area contributed by atoms with Crippen molar-refractivity contribution in [3.63, 3.8) is 0 Å². The fraction of sp³-hybridized carbons (Fsp3) is 0.800. The Morgan fingerprint density at radius 2 is 2.25 bits per heavy atom. The average molecular weight is 245 g/mol. The van der Waals surface area contributed by atoms with Crippen molar-refractivity contribution in [2.24, 2.45) is 5.73 Å². The SMILES string of the molecule is CCC(N)CN1C(=O)NC(CCSC)C1=O. The molecular formula is C10H19N3O2S. The lowest BCUT2D eigenvalue weighted by Gasteiger charge is -2.16. The predicted octanol–water partition coefficient (Wildman–Crippen LogP) is 0.397. The van der Waals surface area contributed by atoms with Crippen LogP contribution in [0.4, 0.5) is 4.79 Å². The van der Waals surface area contributed by atoms with Crippen molar-refractivity contribution in [2.75, 3.05) is 18.6 Å². The molecule has 6 heteroatoms. The van der Waals surface area contributed by atoms with Gasteiger partial charge in [0.15, 0.2) is 0 Å². The van der Waals surface area contributed by atoms with Gasteiger partial charge in [-0.15, -0.1) is 0 Å². The van der Waals surface area contributed by atoms with Crippen LogP contribution in [0.1, 0.15) is 19.8 Å². The van der Waals surface area contributed by atoms with Crippen molar-refractivity contribution < 1.29 is 9.59 Å². The number of carbonyl (C=O) groups is 2. The van der Waals surface area contributed by atoms with Crippen LogP contribution in [-0.4, -0.2) is 47.5 Å². The third kappa shape index (κ3) is 3.12. The number of rotatable bonds is 6. The first kappa shape index (κ1) is 13.3. The summed E-state index contributed by atoms with van der Waals surface area (Å²) in [5.74, 6) is 0.729. The highest BCUT2D eigenvalue weighted by Gasteiger charge is 2.37. The van der Waals surface area contributed by atoms with E-state index in [2.05, 4.69) is 5.32 Å². The van der Waals surface area contributed by atoms with Crippen LogP contribution in [-0.2, 0) is 4.79 Å². The summed E-state index contributed by atoms with van der Waals surface area (Å²) in [6, 6.07) is -0.794. The molecule has 1 fully saturated rings. The van der Waals surface area contributed by atoms with Gasteiger partial charge in [0.2, 0.25) is 0 Å². The summed E-state index contributed by atoms with van der Waals surface area (Å²) in [5.41, 5.74) is 5.74. The van der Waals surface area contributed by atoms with Gasteiger partial charge in [-0.2, -0.15) is 11.8 Å². The summed E-state index contributed by atoms with van der Waals surface area (Å²) in [5, 5.41) is 2.69. The molecule has 2 unspecified atom stereocenters. The highest BCUT2D eigenvalue weighted by molar-refractivity contribution is 7.98. The van der Waals surface area contributed by atoms with Crippen LogP contribution < -0.4 is 11.1 Å². The first-order valence-electron chi connectivity index (χ1n) is 5.46. The fourth-order valence-electron chi connectivity index (χ4n) is 1.54. The molecule has 1 aliphatic heterocycles. The zero-order valence-corrected chi connectivity index (χ0v) is 10.5. The molecule has 3 N–H and O–H groups in total. The summed E-state index contributed by atoms with van der Waals surface area (Å²) in [6.45, 7) is 2.26. The molecule has 1 rings (SSSR count). The number of thioether (sulfide) groups is 1. The Kier molecular flexibility index (Phi) is 5.08. The molecule has 3 amide bonds. The number of urea groups is 1. The van der Waals surface area contributed by atoms with Crippen LogP contribution in [0.25, 0.3) is 0 Å². The maximum atomic E-state index is 11.9. The molecule has 0 aromatic rings. The van der Waals surface area contributed by atoms with E-state index in [1.807, 2.05) is 13.2 Å². The van der Waals surface area contributed by atoms with E-state index in [9.17, 15) is 9.59 Å². The highest BCUT2D eigenvalue weighted by atomic mass is 32.2. The van der Waals surface area contributed by atoms with Crippen LogP contribution in [0.5, 0.6) is 0 Å². The molecule has 5 nitrogen and oxygen atoms in total. The molecule has 1 heterocycles. The van der Waals surface area contributed by atoms with Gasteiger partial charge in [-0.05, 0) is 24.9 Å². The number of hydrogen-bond acceptors (Lipinski definition) is 4. The molecule has 0 aromatic carbocycles. The molecule has 1 aliphatic rings. The number of nitrogens with one attached hydrogen (secondary N) is 1. The number of carbonyl (C=O) groups excluding carboxylic acids is 2. The molecule has 0 radical (unpaired) electrons. The smallest absolute Gasteiger partial charge is 0.324 e. The normalized spacial score (nSPS) is 22.4. The Morgan fingerprint density at radius 1 is 1.56 bits per heavy atom. The lowest BCUT2D eigenvalue weighted by Crippen LogP contribution is -2.41. The van der Waals surface area contributed by atoms with E-state index >= 15 is 0 Å². The number of nitrogens with zero attached hydrogens (tertiary/aromatic N) is 1. The van der Waals surface area contributed by atoms with Gasteiger partial charge < -0.3 is 11.1 Å². The first-order chi connectivity index (χ1) is 7.60. The van der Waals surface area contributed by atoms with Gasteiger partial charge >= 0.3 is 6.03 Å². The zero-order valence-electron chi connectivity index (χ0n) is 9.73. The van der Waals surface area contributed by atoms with E-state index < -0.39 is 0 Å². The van der Waals surface area contributed by atoms with E-state index in [0.717, 1.165) is 12.2 Å². The topological polar surface area (TPSA) is 75.4 Å². The predicted molar refractivity (Wildman–Crippen MR) is 65.3 cm³/mol. The second-order valence-electron chi connectivity index (χ2n) is 3.90. The maximum Gasteiger partial charge on any atom is 0.324 e. The minimum Gasteiger partial charge on any atom is -0.326 e. The summed E-state index contributed by atoms with van der Waals surface area (Å²) >= 11 is 1.66. The molecule has 0 spiro atoms. The molecule has 16 heavy (non-hydrogen) atoms. The van der Waals surface area contributed by atoms with Crippen molar-refractivity contribution in [1.82, 2.24) is 10.2 Å². The molecule has 92 valence electrons. The van der Waals surface area contributed by atoms with Gasteiger partial charge in [-0.25, -0.2) is 4.79 Å². The summed E-state index contributed by atoms with van der Waals surface area (Å²) in [4.78, 5) is 24.6. The van der Waals surface area contributed by atoms with Crippen molar-refractivity contribution in [1.29, 1.82) is 0 Å². The summed E-state index contributed by atoms with van der Waals surface area (Å²) < 4.78 is 0. The summed E-state index contributed by atoms with van der Waals surface area (Å²) in [7, 11) is 0. The van der Waals surface area contributed by atoms with Gasteiger partial charge in [0.1, 0.15) is 6.04 Å². The van der Waals surface area contributed by atoms with Gasteiger partial charge in [0.25, 0.3) is 5.91 Å². The minimum atomic E-state index is -0.357. The quantitative estimate of drug-likeness (QED) is 0.664. The van der Waals surface area contributed by atoms with E-state index in [-0.39, 0.29) is 24.0 Å². The molecule has 0 saturated carbocycles. The molecule has 2 atom stereocenters. The van der Waals surface area contributed by atoms with Gasteiger partial charge in [0.05, 0.1) is 0 Å². The van der Waals surface area contributed by atoms with E-state index in [1.54, 1.807) is 11.8 Å². The minimum absolute atomic E-state index is 0.131. The highest BCUT2D eigenvalue weighted by Crippen LogP contribution is 2.12. The van der Waals surface area contributed by atoms with Crippen molar-refractivity contribution in [3.05, 3.63) is 0 Å². The molecule has 0 aromatic heterocycles. The Bertz CT molecular complexity index is 273. The lowest BCUT2D eigenvalue weighted by molar-refractivity contribution is -0.127. The van der Waals surface area contributed by atoms with E-state index in [4.69, 9.17) is 5.73 Å². The van der Waals surface area contributed by atoms with Gasteiger partial charge in [0, 0.05) is 12.6 Å². The van der Waals surface area contributed by atoms with Crippen LogP contribution in [0.3, 0.4) is 0 Å². The lowest BCUT2D eigenvalue weighted by atomic mass is 10.2. The van der Waals surface area contributed by atoms with E-state index in [0.29, 0.717) is 13.0 Å².